The second-order valence-electron chi connectivity index (χ2n) is 13.7. The molecule has 0 aliphatic rings. The van der Waals surface area contributed by atoms with Crippen molar-refractivity contribution in [2.24, 2.45) is 10.8 Å². The van der Waals surface area contributed by atoms with Gasteiger partial charge in [-0.15, -0.1) is 13.2 Å². The summed E-state index contributed by atoms with van der Waals surface area (Å²) in [6.07, 6.45) is 6.74. The molecule has 0 aliphatic carbocycles. The summed E-state index contributed by atoms with van der Waals surface area (Å²) in [4.78, 5) is 80.1. The number of nitrogens with zero attached hydrogens (tertiary/aromatic N) is 2. The number of carbonyl (C=O) groups excluding carboxylic acids is 5. The van der Waals surface area contributed by atoms with Crippen molar-refractivity contribution in [3.8, 4) is 0 Å². The lowest BCUT2D eigenvalue weighted by molar-refractivity contribution is -0.485. The van der Waals surface area contributed by atoms with Crippen LogP contribution in [0.4, 0.5) is 5.69 Å². The lowest BCUT2D eigenvalue weighted by Crippen LogP contribution is -2.59. The number of benzene rings is 3. The minimum atomic E-state index is -1.33. The number of hydrogen-bond donors (Lipinski definition) is 7. The fourth-order valence-electron chi connectivity index (χ4n) is 5.90. The van der Waals surface area contributed by atoms with E-state index in [-0.39, 0.29) is 52.2 Å². The van der Waals surface area contributed by atoms with Crippen molar-refractivity contribution in [1.82, 2.24) is 26.6 Å². The van der Waals surface area contributed by atoms with E-state index < -0.39 is 64.7 Å². The summed E-state index contributed by atoms with van der Waals surface area (Å²) in [6.45, 7) is 10.6. The zero-order valence-corrected chi connectivity index (χ0v) is 34.8. The molecule has 0 spiro atoms. The van der Waals surface area contributed by atoms with Crippen LogP contribution in [0.3, 0.4) is 0 Å². The minimum absolute atomic E-state index is 0.00862. The molecule has 3 aromatic carbocycles. The monoisotopic (exact) mass is 853 g/mol. The Labute approximate surface area is 360 Å². The van der Waals surface area contributed by atoms with Crippen LogP contribution in [0.15, 0.2) is 115 Å². The fraction of sp³-hybridized carbons (Fsp3) is 0.318. The highest BCUT2D eigenvalue weighted by Gasteiger charge is 2.32. The maximum absolute atomic E-state index is 14.3. The zero-order valence-electron chi connectivity index (χ0n) is 34.8. The fourth-order valence-corrected chi connectivity index (χ4v) is 5.90. The molecule has 4 atom stereocenters. The smallest absolute Gasteiger partial charge is 0.266 e. The van der Waals surface area contributed by atoms with Crippen molar-refractivity contribution in [1.29, 1.82) is 0 Å². The quantitative estimate of drug-likeness (QED) is 0.0154. The van der Waals surface area contributed by atoms with Crippen molar-refractivity contribution in [2.45, 2.75) is 57.3 Å². The topological polar surface area (TPSA) is 258 Å². The standard InChI is InChI=1S/C44H55N9O9/c1-5-16-32-21-14-22-34(30(32)4)47-42(57)38(29-62-26-7-3)51-40(55)35(23-15-24-46-44(45)52-53(59)60)48-41(56)36(27-31-17-10-8-11-18-31)49-43(58)37(28-61-25-6-2)50-39(54)33-19-12-9-13-20-33/h5-14,16-22,35-38H,2-3,15,23-29H2,1,4H3,(H,47,57)(H,48,56)(H,49,58)(H,50,54)(H,51,55)(H3,45,46,52)/b16-5-/t35-,36+,37-,38-/m0/s1. The summed E-state index contributed by atoms with van der Waals surface area (Å²) in [5.41, 5.74) is 8.70. The molecule has 0 heterocycles. The number of hydrazone groups is 1. The number of nitro groups is 1. The molecular formula is C44H55N9O9. The van der Waals surface area contributed by atoms with E-state index in [1.165, 1.54) is 12.2 Å². The van der Waals surface area contributed by atoms with Crippen LogP contribution >= 0.6 is 0 Å². The number of rotatable bonds is 26. The number of nitrogens with one attached hydrogen (secondary N) is 6. The van der Waals surface area contributed by atoms with Gasteiger partial charge < -0.3 is 47.1 Å². The third-order valence-electron chi connectivity index (χ3n) is 9.02. The number of hydrogen-bond acceptors (Lipinski definition) is 9. The van der Waals surface area contributed by atoms with Gasteiger partial charge in [-0.1, -0.05) is 85.0 Å². The first-order chi connectivity index (χ1) is 29.9. The molecule has 0 saturated heterocycles. The Kier molecular flexibility index (Phi) is 21.3. The lowest BCUT2D eigenvalue weighted by Gasteiger charge is -2.27. The van der Waals surface area contributed by atoms with Gasteiger partial charge in [0.25, 0.3) is 11.9 Å². The van der Waals surface area contributed by atoms with E-state index in [1.807, 2.05) is 32.1 Å². The summed E-state index contributed by atoms with van der Waals surface area (Å²) < 4.78 is 11.1. The van der Waals surface area contributed by atoms with Crippen LogP contribution in [0.1, 0.15) is 46.8 Å². The maximum Gasteiger partial charge on any atom is 0.266 e. The van der Waals surface area contributed by atoms with Crippen molar-refractivity contribution < 1.29 is 38.5 Å². The molecule has 0 unspecified atom stereocenters. The van der Waals surface area contributed by atoms with Gasteiger partial charge in [-0.2, -0.15) is 0 Å². The molecule has 0 radical (unpaired) electrons. The van der Waals surface area contributed by atoms with Gasteiger partial charge in [0.05, 0.1) is 26.4 Å². The molecule has 3 aromatic rings. The van der Waals surface area contributed by atoms with Crippen molar-refractivity contribution in [3.05, 3.63) is 143 Å². The largest absolute Gasteiger partial charge is 0.375 e. The number of guanidine groups is 1. The first kappa shape index (κ1) is 49.2. The summed E-state index contributed by atoms with van der Waals surface area (Å²) in [7, 11) is 0. The average Bonchev–Trinajstić information content (AvgIpc) is 3.25. The molecule has 0 aromatic heterocycles. The Morgan fingerprint density at radius 1 is 0.774 bits per heavy atom. The molecule has 62 heavy (non-hydrogen) atoms. The van der Waals surface area contributed by atoms with E-state index in [0.29, 0.717) is 16.8 Å². The molecular weight excluding hydrogens is 799 g/mol. The van der Waals surface area contributed by atoms with Gasteiger partial charge in [0.15, 0.2) is 5.03 Å². The van der Waals surface area contributed by atoms with Gasteiger partial charge in [0.2, 0.25) is 23.6 Å². The van der Waals surface area contributed by atoms with Crippen LogP contribution in [0.5, 0.6) is 0 Å². The van der Waals surface area contributed by atoms with Gasteiger partial charge in [-0.3, -0.25) is 24.0 Å². The highest BCUT2D eigenvalue weighted by atomic mass is 16.7. The molecule has 330 valence electrons. The highest BCUT2D eigenvalue weighted by molar-refractivity contribution is 6.00. The van der Waals surface area contributed by atoms with Gasteiger partial charge in [0.1, 0.15) is 29.3 Å². The number of ether oxygens (including phenoxy) is 2. The Bertz CT molecular complexity index is 2050. The Balaban J connectivity index is 1.93. The van der Waals surface area contributed by atoms with E-state index in [2.05, 4.69) is 50.2 Å². The Hall–Kier alpha value is -7.18. The summed E-state index contributed by atoms with van der Waals surface area (Å²) in [5.74, 6) is -3.92. The molecule has 5 amide bonds. The van der Waals surface area contributed by atoms with Crippen molar-refractivity contribution in [3.63, 3.8) is 0 Å². The molecule has 0 aliphatic heterocycles. The molecule has 18 heteroatoms. The SMILES string of the molecule is C=CCOC[C@H](NC(=O)c1ccccc1)C(=O)N[C@H](Cc1ccccc1)C(=O)N[C@@H](CCCN/C(N)=N/[N+](=O)[O-])C(=O)N[C@@H](COCC=C)C(=O)Nc1cccc(/C=C\C)c1C. The van der Waals surface area contributed by atoms with Crippen LogP contribution in [0, 0.1) is 17.0 Å². The number of amides is 5. The minimum Gasteiger partial charge on any atom is -0.375 e. The second kappa shape index (κ2) is 26.8. The van der Waals surface area contributed by atoms with Gasteiger partial charge in [-0.05, 0) is 61.6 Å². The zero-order chi connectivity index (χ0) is 45.3. The van der Waals surface area contributed by atoms with Crippen molar-refractivity contribution in [2.75, 3.05) is 38.3 Å². The summed E-state index contributed by atoms with van der Waals surface area (Å²) >= 11 is 0. The van der Waals surface area contributed by atoms with E-state index >= 15 is 0 Å². The third kappa shape index (κ3) is 17.2. The van der Waals surface area contributed by atoms with Crippen LogP contribution in [0.2, 0.25) is 0 Å². The molecule has 18 nitrogen and oxygen atoms in total. The molecule has 0 saturated carbocycles. The average molecular weight is 854 g/mol. The van der Waals surface area contributed by atoms with Crippen LogP contribution in [0.25, 0.3) is 6.08 Å². The van der Waals surface area contributed by atoms with E-state index in [1.54, 1.807) is 72.8 Å². The first-order valence-electron chi connectivity index (χ1n) is 19.8. The Morgan fingerprint density at radius 2 is 1.34 bits per heavy atom. The number of carbonyl (C=O) groups is 5. The molecule has 0 bridgehead atoms. The predicted molar refractivity (Wildman–Crippen MR) is 236 cm³/mol. The first-order valence-corrected chi connectivity index (χ1v) is 19.8. The van der Waals surface area contributed by atoms with Gasteiger partial charge in [0, 0.05) is 24.2 Å². The van der Waals surface area contributed by atoms with Gasteiger partial charge in [-0.25, -0.2) is 10.1 Å². The molecule has 8 N–H and O–H groups in total. The Morgan fingerprint density at radius 3 is 1.95 bits per heavy atom. The summed E-state index contributed by atoms with van der Waals surface area (Å²) in [6, 6.07) is 17.3. The van der Waals surface area contributed by atoms with E-state index in [4.69, 9.17) is 15.2 Å². The second-order valence-corrected chi connectivity index (χ2v) is 13.7. The van der Waals surface area contributed by atoms with Crippen LogP contribution in [-0.2, 0) is 35.1 Å². The summed E-state index contributed by atoms with van der Waals surface area (Å²) in [5, 5.41) is 29.0. The third-order valence-corrected chi connectivity index (χ3v) is 9.02. The predicted octanol–water partition coefficient (Wildman–Crippen LogP) is 2.74. The highest BCUT2D eigenvalue weighted by Crippen LogP contribution is 2.20. The number of allylic oxidation sites excluding steroid dienone is 1. The maximum atomic E-state index is 14.3. The van der Waals surface area contributed by atoms with Crippen LogP contribution in [-0.4, -0.2) is 97.7 Å². The number of nitrogens with two attached hydrogens (primary N) is 1. The lowest BCUT2D eigenvalue weighted by atomic mass is 10.0. The normalized spacial score (nSPS) is 13.1. The van der Waals surface area contributed by atoms with Crippen molar-refractivity contribution >= 4 is 47.3 Å². The molecule has 0 fully saturated rings. The van der Waals surface area contributed by atoms with Crippen LogP contribution < -0.4 is 37.6 Å². The van der Waals surface area contributed by atoms with E-state index in [0.717, 1.165) is 11.1 Å². The van der Waals surface area contributed by atoms with E-state index in [9.17, 15) is 34.1 Å². The van der Waals surface area contributed by atoms with Gasteiger partial charge >= 0.3 is 0 Å². The molecule has 3 rings (SSSR count). The number of anilines is 1.